The van der Waals surface area contributed by atoms with E-state index in [9.17, 15) is 4.79 Å². The van der Waals surface area contributed by atoms with Crippen LogP contribution in [-0.2, 0) is 9.53 Å². The quantitative estimate of drug-likeness (QED) is 0.671. The number of fused-ring (bicyclic) bond motifs is 1. The summed E-state index contributed by atoms with van der Waals surface area (Å²) >= 11 is 0. The summed E-state index contributed by atoms with van der Waals surface area (Å²) in [6.07, 6.45) is 0.442. The van der Waals surface area contributed by atoms with Gasteiger partial charge in [-0.15, -0.1) is 0 Å². The Balaban J connectivity index is 2.50. The SMILES string of the molecule is COC(=O)CCN1CCN2C(C(C)(C)C)=NC(C(C)(C)C)C(C(C)(C)C)=C2C1. The standard InChI is InChI=1S/C23H41N3O2/c1-21(2,3)18-16-15-25(12-11-17(27)28-10)13-14-26(16)20(23(7,8)9)24-19(18)22(4,5)6/h19H,11-15H2,1-10H3. The summed E-state index contributed by atoms with van der Waals surface area (Å²) in [5, 5.41) is 0. The summed E-state index contributed by atoms with van der Waals surface area (Å²) in [5.74, 6) is 1.06. The number of amidine groups is 1. The summed E-state index contributed by atoms with van der Waals surface area (Å²) in [7, 11) is 1.46. The Morgan fingerprint density at radius 1 is 1.04 bits per heavy atom. The normalized spacial score (nSPS) is 22.1. The molecular formula is C23H41N3O2. The van der Waals surface area contributed by atoms with Crippen molar-refractivity contribution in [2.45, 2.75) is 74.8 Å². The summed E-state index contributed by atoms with van der Waals surface area (Å²) in [6.45, 7) is 24.0. The van der Waals surface area contributed by atoms with Gasteiger partial charge in [0.2, 0.25) is 0 Å². The molecule has 1 unspecified atom stereocenters. The molecule has 0 spiro atoms. The Morgan fingerprint density at radius 3 is 2.11 bits per heavy atom. The number of carbonyl (C=O) groups is 1. The van der Waals surface area contributed by atoms with Gasteiger partial charge in [0.25, 0.3) is 0 Å². The topological polar surface area (TPSA) is 45.1 Å². The molecule has 0 aromatic carbocycles. The van der Waals surface area contributed by atoms with Gasteiger partial charge in [0, 0.05) is 37.3 Å². The molecule has 1 atom stereocenters. The van der Waals surface area contributed by atoms with Gasteiger partial charge in [-0.25, -0.2) is 0 Å². The smallest absolute Gasteiger partial charge is 0.306 e. The number of ether oxygens (including phenoxy) is 1. The van der Waals surface area contributed by atoms with E-state index in [0.29, 0.717) is 6.42 Å². The fourth-order valence-electron chi connectivity index (χ4n) is 4.24. The summed E-state index contributed by atoms with van der Waals surface area (Å²) in [4.78, 5) is 21.9. The number of piperazine rings is 1. The van der Waals surface area contributed by atoms with Gasteiger partial charge < -0.3 is 9.64 Å². The molecule has 0 N–H and O–H groups in total. The average Bonchev–Trinajstić information content (AvgIpc) is 2.55. The highest BCUT2D eigenvalue weighted by Crippen LogP contribution is 2.45. The van der Waals surface area contributed by atoms with E-state index < -0.39 is 0 Å². The van der Waals surface area contributed by atoms with Crippen molar-refractivity contribution in [2.24, 2.45) is 21.2 Å². The highest BCUT2D eigenvalue weighted by molar-refractivity contribution is 5.90. The third-order valence-electron chi connectivity index (χ3n) is 5.59. The van der Waals surface area contributed by atoms with Gasteiger partial charge in [0.1, 0.15) is 5.84 Å². The molecule has 28 heavy (non-hydrogen) atoms. The molecule has 0 bridgehead atoms. The van der Waals surface area contributed by atoms with Crippen LogP contribution in [0.5, 0.6) is 0 Å². The minimum Gasteiger partial charge on any atom is -0.469 e. The van der Waals surface area contributed by atoms with Gasteiger partial charge in [0.15, 0.2) is 0 Å². The summed E-state index contributed by atoms with van der Waals surface area (Å²) in [6, 6.07) is 0.161. The Bertz CT molecular complexity index is 657. The highest BCUT2D eigenvalue weighted by atomic mass is 16.5. The summed E-state index contributed by atoms with van der Waals surface area (Å²) in [5.41, 5.74) is 2.90. The van der Waals surface area contributed by atoms with Crippen LogP contribution in [0, 0.1) is 16.2 Å². The first kappa shape index (κ1) is 22.9. The molecule has 2 aliphatic rings. The van der Waals surface area contributed by atoms with E-state index >= 15 is 0 Å². The van der Waals surface area contributed by atoms with Gasteiger partial charge >= 0.3 is 5.97 Å². The second-order valence-electron chi connectivity index (χ2n) is 11.3. The number of hydrogen-bond donors (Lipinski definition) is 0. The highest BCUT2D eigenvalue weighted by Gasteiger charge is 2.44. The van der Waals surface area contributed by atoms with E-state index in [1.165, 1.54) is 24.2 Å². The van der Waals surface area contributed by atoms with Gasteiger partial charge in [0.05, 0.1) is 19.6 Å². The van der Waals surface area contributed by atoms with Gasteiger partial charge in [-0.3, -0.25) is 14.7 Å². The van der Waals surface area contributed by atoms with Crippen LogP contribution in [0.4, 0.5) is 0 Å². The van der Waals surface area contributed by atoms with E-state index in [2.05, 4.69) is 72.1 Å². The van der Waals surface area contributed by atoms with Crippen LogP contribution in [-0.4, -0.2) is 60.9 Å². The Kier molecular flexibility index (Phi) is 6.40. The lowest BCUT2D eigenvalue weighted by molar-refractivity contribution is -0.141. The predicted molar refractivity (Wildman–Crippen MR) is 116 cm³/mol. The molecule has 2 heterocycles. The molecule has 160 valence electrons. The van der Waals surface area contributed by atoms with Crippen molar-refractivity contribution in [3.8, 4) is 0 Å². The van der Waals surface area contributed by atoms with Crippen LogP contribution in [0.15, 0.2) is 16.3 Å². The summed E-state index contributed by atoms with van der Waals surface area (Å²) < 4.78 is 4.84. The van der Waals surface area contributed by atoms with Crippen LogP contribution < -0.4 is 0 Å². The largest absolute Gasteiger partial charge is 0.469 e. The lowest BCUT2D eigenvalue weighted by Crippen LogP contribution is -2.55. The second-order valence-corrected chi connectivity index (χ2v) is 11.3. The number of hydrogen-bond acceptors (Lipinski definition) is 5. The van der Waals surface area contributed by atoms with Crippen molar-refractivity contribution in [3.05, 3.63) is 11.3 Å². The van der Waals surface area contributed by atoms with Crippen molar-refractivity contribution in [2.75, 3.05) is 33.3 Å². The molecule has 0 aliphatic carbocycles. The number of nitrogens with zero attached hydrogens (tertiary/aromatic N) is 3. The number of rotatable bonds is 3. The maximum Gasteiger partial charge on any atom is 0.306 e. The molecule has 0 aromatic rings. The number of carbonyl (C=O) groups excluding carboxylic acids is 1. The molecule has 5 heteroatoms. The van der Waals surface area contributed by atoms with Crippen molar-refractivity contribution in [3.63, 3.8) is 0 Å². The lowest BCUT2D eigenvalue weighted by Gasteiger charge is -2.51. The first-order chi connectivity index (χ1) is 12.7. The van der Waals surface area contributed by atoms with E-state index in [1.54, 1.807) is 0 Å². The zero-order valence-electron chi connectivity index (χ0n) is 19.8. The van der Waals surface area contributed by atoms with Crippen LogP contribution in [0.3, 0.4) is 0 Å². The van der Waals surface area contributed by atoms with Gasteiger partial charge in [-0.2, -0.15) is 0 Å². The average molecular weight is 392 g/mol. The first-order valence-corrected chi connectivity index (χ1v) is 10.5. The Hall–Kier alpha value is -1.36. The number of aliphatic imine (C=N–C) groups is 1. The minimum atomic E-state index is -0.138. The molecule has 0 radical (unpaired) electrons. The minimum absolute atomic E-state index is 0.00759. The molecule has 1 saturated heterocycles. The maximum absolute atomic E-state index is 11.6. The third-order valence-corrected chi connectivity index (χ3v) is 5.59. The van der Waals surface area contributed by atoms with Gasteiger partial charge in [-0.1, -0.05) is 62.3 Å². The van der Waals surface area contributed by atoms with Gasteiger partial charge in [-0.05, 0) is 16.4 Å². The van der Waals surface area contributed by atoms with Crippen molar-refractivity contribution in [1.82, 2.24) is 9.80 Å². The van der Waals surface area contributed by atoms with E-state index in [0.717, 1.165) is 26.2 Å². The predicted octanol–water partition coefficient (Wildman–Crippen LogP) is 4.34. The molecule has 0 saturated carbocycles. The Labute approximate surface area is 172 Å². The van der Waals surface area contributed by atoms with Crippen molar-refractivity contribution < 1.29 is 9.53 Å². The third kappa shape index (κ3) is 4.97. The molecule has 1 fully saturated rings. The molecule has 2 aliphatic heterocycles. The maximum atomic E-state index is 11.6. The zero-order chi connectivity index (χ0) is 21.5. The lowest BCUT2D eigenvalue weighted by atomic mass is 9.70. The van der Waals surface area contributed by atoms with Crippen molar-refractivity contribution >= 4 is 11.8 Å². The zero-order valence-corrected chi connectivity index (χ0v) is 19.8. The molecule has 5 nitrogen and oxygen atoms in total. The van der Waals surface area contributed by atoms with E-state index in [4.69, 9.17) is 9.73 Å². The van der Waals surface area contributed by atoms with E-state index in [1.807, 2.05) is 0 Å². The first-order valence-electron chi connectivity index (χ1n) is 10.5. The fraction of sp³-hybridized carbons (Fsp3) is 0.826. The fourth-order valence-corrected chi connectivity index (χ4v) is 4.24. The Morgan fingerprint density at radius 2 is 1.64 bits per heavy atom. The molecule has 0 amide bonds. The van der Waals surface area contributed by atoms with E-state index in [-0.39, 0.29) is 28.3 Å². The van der Waals surface area contributed by atoms with Crippen LogP contribution in [0.2, 0.25) is 0 Å². The number of methoxy groups -OCH3 is 1. The molecule has 0 aromatic heterocycles. The van der Waals surface area contributed by atoms with Crippen LogP contribution in [0.25, 0.3) is 0 Å². The second kappa shape index (κ2) is 7.81. The van der Waals surface area contributed by atoms with Crippen LogP contribution in [0.1, 0.15) is 68.7 Å². The molecular weight excluding hydrogens is 350 g/mol. The van der Waals surface area contributed by atoms with Crippen LogP contribution >= 0.6 is 0 Å². The monoisotopic (exact) mass is 391 g/mol. The molecule has 2 rings (SSSR count). The number of esters is 1. The van der Waals surface area contributed by atoms with Crippen molar-refractivity contribution in [1.29, 1.82) is 0 Å².